The van der Waals surface area contributed by atoms with Gasteiger partial charge in [-0.3, -0.25) is 14.4 Å². The van der Waals surface area contributed by atoms with Crippen molar-refractivity contribution in [1.82, 2.24) is 10.6 Å². The Labute approximate surface area is 174 Å². The summed E-state index contributed by atoms with van der Waals surface area (Å²) in [4.78, 5) is 37.3. The monoisotopic (exact) mass is 412 g/mol. The summed E-state index contributed by atoms with van der Waals surface area (Å²) in [5.41, 5.74) is 0.831. The molecule has 0 heterocycles. The molecule has 0 radical (unpaired) electrons. The fourth-order valence-corrected chi connectivity index (χ4v) is 2.77. The highest BCUT2D eigenvalue weighted by atomic mass is 16.5. The first-order valence-electron chi connectivity index (χ1n) is 9.56. The van der Waals surface area contributed by atoms with Gasteiger partial charge in [0.2, 0.25) is 6.10 Å². The van der Waals surface area contributed by atoms with Crippen LogP contribution >= 0.6 is 0 Å². The molecule has 30 heavy (non-hydrogen) atoms. The second-order valence-corrected chi connectivity index (χ2v) is 6.85. The molecule has 8 heteroatoms. The third-order valence-electron chi connectivity index (χ3n) is 4.52. The van der Waals surface area contributed by atoms with Gasteiger partial charge in [-0.25, -0.2) is 0 Å². The van der Waals surface area contributed by atoms with Crippen LogP contribution in [0.25, 0.3) is 0 Å². The standard InChI is InChI=1S/C22H24N2O6/c1-28-17-10-15(11-18(12-17)29-2)21(26)23-13-19(25)30-20(14-6-4-3-5-7-14)22(27)24-16-8-9-16/h3-7,10-12,16,20H,8-9,13H2,1-2H3,(H,23,26)(H,24,27)/t20-/m1/s1. The van der Waals surface area contributed by atoms with E-state index in [0.29, 0.717) is 17.1 Å². The summed E-state index contributed by atoms with van der Waals surface area (Å²) in [5, 5.41) is 5.34. The fraction of sp³-hybridized carbons (Fsp3) is 0.318. The number of hydrogen-bond acceptors (Lipinski definition) is 6. The Kier molecular flexibility index (Phi) is 6.90. The molecule has 3 rings (SSSR count). The van der Waals surface area contributed by atoms with Crippen molar-refractivity contribution in [1.29, 1.82) is 0 Å². The Balaban J connectivity index is 1.62. The van der Waals surface area contributed by atoms with Gasteiger partial charge in [0.1, 0.15) is 18.0 Å². The molecule has 2 amide bonds. The number of esters is 1. The zero-order chi connectivity index (χ0) is 21.5. The van der Waals surface area contributed by atoms with E-state index in [1.807, 2.05) is 6.07 Å². The number of rotatable bonds is 9. The largest absolute Gasteiger partial charge is 0.497 e. The average Bonchev–Trinajstić information content (AvgIpc) is 3.59. The lowest BCUT2D eigenvalue weighted by Gasteiger charge is -2.18. The first-order chi connectivity index (χ1) is 14.5. The Bertz CT molecular complexity index is 889. The number of hydrogen-bond donors (Lipinski definition) is 2. The Morgan fingerprint density at radius 2 is 1.63 bits per heavy atom. The molecule has 158 valence electrons. The van der Waals surface area contributed by atoms with Crippen molar-refractivity contribution in [3.63, 3.8) is 0 Å². The van der Waals surface area contributed by atoms with E-state index in [9.17, 15) is 14.4 Å². The maximum absolute atomic E-state index is 12.5. The van der Waals surface area contributed by atoms with Crippen LogP contribution in [-0.4, -0.2) is 44.6 Å². The van der Waals surface area contributed by atoms with E-state index in [1.54, 1.807) is 30.3 Å². The molecule has 8 nitrogen and oxygen atoms in total. The molecule has 0 saturated heterocycles. The average molecular weight is 412 g/mol. The number of amides is 2. The molecule has 0 aromatic heterocycles. The van der Waals surface area contributed by atoms with Crippen molar-refractivity contribution >= 4 is 17.8 Å². The number of ether oxygens (including phenoxy) is 3. The van der Waals surface area contributed by atoms with Crippen molar-refractivity contribution in [3.8, 4) is 11.5 Å². The fourth-order valence-electron chi connectivity index (χ4n) is 2.77. The molecule has 0 unspecified atom stereocenters. The Hall–Kier alpha value is -3.55. The van der Waals surface area contributed by atoms with Crippen molar-refractivity contribution in [2.45, 2.75) is 25.0 Å². The smallest absolute Gasteiger partial charge is 0.326 e. The van der Waals surface area contributed by atoms with Crippen molar-refractivity contribution < 1.29 is 28.6 Å². The van der Waals surface area contributed by atoms with E-state index in [-0.39, 0.29) is 17.5 Å². The third kappa shape index (κ3) is 5.73. The predicted octanol–water partition coefficient (Wildman–Crippen LogP) is 2.00. The number of carbonyl (C=O) groups excluding carboxylic acids is 3. The number of benzene rings is 2. The second kappa shape index (κ2) is 9.78. The summed E-state index contributed by atoms with van der Waals surface area (Å²) in [7, 11) is 2.95. The lowest BCUT2D eigenvalue weighted by Crippen LogP contribution is -2.36. The molecule has 1 aliphatic carbocycles. The highest BCUT2D eigenvalue weighted by Crippen LogP contribution is 2.24. The number of nitrogens with one attached hydrogen (secondary N) is 2. The van der Waals surface area contributed by atoms with Crippen LogP contribution in [0.5, 0.6) is 11.5 Å². The first kappa shape index (κ1) is 21.2. The normalized spacial score (nSPS) is 13.7. The molecule has 1 atom stereocenters. The van der Waals surface area contributed by atoms with Gasteiger partial charge >= 0.3 is 5.97 Å². The lowest BCUT2D eigenvalue weighted by atomic mass is 10.1. The zero-order valence-corrected chi connectivity index (χ0v) is 16.8. The highest BCUT2D eigenvalue weighted by Gasteiger charge is 2.30. The quantitative estimate of drug-likeness (QED) is 0.611. The summed E-state index contributed by atoms with van der Waals surface area (Å²) < 4.78 is 15.7. The molecule has 1 fully saturated rings. The summed E-state index contributed by atoms with van der Waals surface area (Å²) >= 11 is 0. The molecule has 0 aliphatic heterocycles. The van der Waals surface area contributed by atoms with Crippen molar-refractivity contribution in [3.05, 3.63) is 59.7 Å². The lowest BCUT2D eigenvalue weighted by molar-refractivity contribution is -0.155. The second-order valence-electron chi connectivity index (χ2n) is 6.85. The van der Waals surface area contributed by atoms with Crippen LogP contribution in [0.1, 0.15) is 34.9 Å². The van der Waals surface area contributed by atoms with E-state index in [1.165, 1.54) is 26.4 Å². The minimum absolute atomic E-state index is 0.130. The van der Waals surface area contributed by atoms with Crippen LogP contribution in [0.3, 0.4) is 0 Å². The van der Waals surface area contributed by atoms with Gasteiger partial charge < -0.3 is 24.8 Å². The van der Waals surface area contributed by atoms with E-state index in [2.05, 4.69) is 10.6 Å². The maximum Gasteiger partial charge on any atom is 0.326 e. The van der Waals surface area contributed by atoms with Gasteiger partial charge in [0.25, 0.3) is 11.8 Å². The van der Waals surface area contributed by atoms with E-state index in [4.69, 9.17) is 14.2 Å². The van der Waals surface area contributed by atoms with Crippen LogP contribution in [0.2, 0.25) is 0 Å². The molecule has 2 N–H and O–H groups in total. The van der Waals surface area contributed by atoms with E-state index in [0.717, 1.165) is 12.8 Å². The number of carbonyl (C=O) groups is 3. The molecule has 0 bridgehead atoms. The molecular formula is C22H24N2O6. The maximum atomic E-state index is 12.5. The molecule has 0 spiro atoms. The Morgan fingerprint density at radius 3 is 2.20 bits per heavy atom. The van der Waals surface area contributed by atoms with Crippen LogP contribution in [-0.2, 0) is 14.3 Å². The molecule has 2 aromatic carbocycles. The first-order valence-corrected chi connectivity index (χ1v) is 9.56. The number of methoxy groups -OCH3 is 2. The van der Waals surface area contributed by atoms with Gasteiger partial charge in [0.15, 0.2) is 0 Å². The Morgan fingerprint density at radius 1 is 1.00 bits per heavy atom. The summed E-state index contributed by atoms with van der Waals surface area (Å²) in [5.74, 6) is -0.701. The molecular weight excluding hydrogens is 388 g/mol. The molecule has 2 aromatic rings. The van der Waals surface area contributed by atoms with Crippen LogP contribution in [0, 0.1) is 0 Å². The molecule has 1 aliphatic rings. The van der Waals surface area contributed by atoms with Gasteiger partial charge in [-0.05, 0) is 25.0 Å². The van der Waals surface area contributed by atoms with Crippen LogP contribution in [0.15, 0.2) is 48.5 Å². The minimum atomic E-state index is -1.08. The van der Waals surface area contributed by atoms with Crippen LogP contribution < -0.4 is 20.1 Å². The summed E-state index contributed by atoms with van der Waals surface area (Å²) in [6.07, 6.45) is 0.760. The van der Waals surface area contributed by atoms with E-state index < -0.39 is 24.5 Å². The SMILES string of the molecule is COc1cc(OC)cc(C(=O)NCC(=O)O[C@@H](C(=O)NC2CC2)c2ccccc2)c1. The van der Waals surface area contributed by atoms with Gasteiger partial charge in [0, 0.05) is 23.2 Å². The topological polar surface area (TPSA) is 103 Å². The summed E-state index contributed by atoms with van der Waals surface area (Å²) in [6.45, 7) is -0.390. The summed E-state index contributed by atoms with van der Waals surface area (Å²) in [6, 6.07) is 13.6. The predicted molar refractivity (Wildman–Crippen MR) is 108 cm³/mol. The zero-order valence-electron chi connectivity index (χ0n) is 16.8. The van der Waals surface area contributed by atoms with Gasteiger partial charge in [-0.1, -0.05) is 30.3 Å². The van der Waals surface area contributed by atoms with Crippen molar-refractivity contribution in [2.75, 3.05) is 20.8 Å². The van der Waals surface area contributed by atoms with Gasteiger partial charge in [-0.2, -0.15) is 0 Å². The third-order valence-corrected chi connectivity index (χ3v) is 4.52. The van der Waals surface area contributed by atoms with Crippen LogP contribution in [0.4, 0.5) is 0 Å². The molecule has 1 saturated carbocycles. The van der Waals surface area contributed by atoms with Crippen molar-refractivity contribution in [2.24, 2.45) is 0 Å². The van der Waals surface area contributed by atoms with E-state index >= 15 is 0 Å². The minimum Gasteiger partial charge on any atom is -0.497 e. The van der Waals surface area contributed by atoms with Gasteiger partial charge in [0.05, 0.1) is 14.2 Å². The van der Waals surface area contributed by atoms with Gasteiger partial charge in [-0.15, -0.1) is 0 Å². The highest BCUT2D eigenvalue weighted by molar-refractivity contribution is 5.97.